The fourth-order valence-corrected chi connectivity index (χ4v) is 5.17. The van der Waals surface area contributed by atoms with Crippen LogP contribution in [0.4, 0.5) is 0 Å². The minimum atomic E-state index is -2.89. The van der Waals surface area contributed by atoms with Gasteiger partial charge in [-0.1, -0.05) is 26.7 Å². The van der Waals surface area contributed by atoms with E-state index in [1.54, 1.807) is 0 Å². The van der Waals surface area contributed by atoms with Gasteiger partial charge in [0.1, 0.15) is 0 Å². The first-order valence-electron chi connectivity index (χ1n) is 8.55. The zero-order valence-electron chi connectivity index (χ0n) is 14.0. The molecule has 1 aliphatic heterocycles. The third-order valence-corrected chi connectivity index (χ3v) is 7.45. The summed E-state index contributed by atoms with van der Waals surface area (Å²) in [6.45, 7) is 9.11. The molecule has 5 heteroatoms. The number of hydrogen-bond acceptors (Lipinski definition) is 4. The van der Waals surface area contributed by atoms with Crippen LogP contribution in [-0.2, 0) is 9.84 Å². The fraction of sp³-hybridized carbons (Fsp3) is 1.00. The van der Waals surface area contributed by atoms with Crippen molar-refractivity contribution < 1.29 is 8.42 Å². The summed E-state index contributed by atoms with van der Waals surface area (Å²) in [7, 11) is -2.89. The quantitative estimate of drug-likeness (QED) is 0.816. The van der Waals surface area contributed by atoms with Crippen LogP contribution in [0.2, 0.25) is 0 Å². The van der Waals surface area contributed by atoms with E-state index in [0.717, 1.165) is 25.9 Å². The second-order valence-corrected chi connectivity index (χ2v) is 9.57. The molecular formula is C16H32N2O2S. The van der Waals surface area contributed by atoms with Gasteiger partial charge in [0, 0.05) is 36.5 Å². The van der Waals surface area contributed by atoms with Crippen LogP contribution in [0.25, 0.3) is 0 Å². The Labute approximate surface area is 130 Å². The maximum atomic E-state index is 12.0. The van der Waals surface area contributed by atoms with Crippen molar-refractivity contribution in [1.29, 1.82) is 0 Å². The van der Waals surface area contributed by atoms with Gasteiger partial charge in [0.05, 0.1) is 5.75 Å². The number of hydrogen-bond donors (Lipinski definition) is 1. The van der Waals surface area contributed by atoms with E-state index in [1.165, 1.54) is 25.7 Å². The second kappa shape index (κ2) is 6.55. The van der Waals surface area contributed by atoms with Gasteiger partial charge in [-0.3, -0.25) is 4.90 Å². The van der Waals surface area contributed by atoms with Gasteiger partial charge in [0.15, 0.2) is 9.84 Å². The van der Waals surface area contributed by atoms with Crippen LogP contribution in [0, 0.1) is 0 Å². The first kappa shape index (κ1) is 17.2. The van der Waals surface area contributed by atoms with Gasteiger partial charge in [-0.25, -0.2) is 8.42 Å². The van der Waals surface area contributed by atoms with Crippen molar-refractivity contribution in [3.05, 3.63) is 0 Å². The number of sulfone groups is 1. The number of rotatable bonds is 6. The van der Waals surface area contributed by atoms with Gasteiger partial charge >= 0.3 is 0 Å². The molecule has 1 atom stereocenters. The van der Waals surface area contributed by atoms with Crippen molar-refractivity contribution in [3.8, 4) is 0 Å². The Morgan fingerprint density at radius 2 is 1.81 bits per heavy atom. The second-order valence-electron chi connectivity index (χ2n) is 7.26. The van der Waals surface area contributed by atoms with Crippen molar-refractivity contribution >= 4 is 9.84 Å². The Balaban J connectivity index is 2.04. The molecular weight excluding hydrogens is 284 g/mol. The Morgan fingerprint density at radius 1 is 1.14 bits per heavy atom. The summed E-state index contributed by atoms with van der Waals surface area (Å²) in [4.78, 5) is 2.46. The summed E-state index contributed by atoms with van der Waals surface area (Å²) in [6.07, 6.45) is 6.87. The Morgan fingerprint density at radius 3 is 2.38 bits per heavy atom. The van der Waals surface area contributed by atoms with E-state index >= 15 is 0 Å². The molecule has 0 amide bonds. The molecule has 1 saturated heterocycles. The topological polar surface area (TPSA) is 49.4 Å². The molecule has 1 spiro atoms. The van der Waals surface area contributed by atoms with Gasteiger partial charge in [0.25, 0.3) is 0 Å². The lowest BCUT2D eigenvalue weighted by atomic mass is 9.85. The number of nitrogens with one attached hydrogen (secondary N) is 1. The Bertz CT molecular complexity index is 443. The summed E-state index contributed by atoms with van der Waals surface area (Å²) in [5.41, 5.74) is 0.346. The monoisotopic (exact) mass is 316 g/mol. The normalized spacial score (nSPS) is 30.0. The van der Waals surface area contributed by atoms with Gasteiger partial charge < -0.3 is 5.32 Å². The minimum Gasteiger partial charge on any atom is -0.308 e. The van der Waals surface area contributed by atoms with E-state index in [-0.39, 0.29) is 11.1 Å². The van der Waals surface area contributed by atoms with Crippen LogP contribution in [0.5, 0.6) is 0 Å². The van der Waals surface area contributed by atoms with Gasteiger partial charge in [-0.2, -0.15) is 0 Å². The largest absolute Gasteiger partial charge is 0.308 e. The zero-order valence-corrected chi connectivity index (χ0v) is 14.8. The molecule has 1 unspecified atom stereocenters. The van der Waals surface area contributed by atoms with E-state index in [9.17, 15) is 8.42 Å². The number of piperazine rings is 1. The third kappa shape index (κ3) is 3.99. The SMILES string of the molecule is CCCS(=O)(=O)CCN1CC2(CCCC2)NCC1(C)CC. The van der Waals surface area contributed by atoms with Crippen molar-refractivity contribution in [2.24, 2.45) is 0 Å². The zero-order chi connectivity index (χ0) is 15.6. The highest BCUT2D eigenvalue weighted by Crippen LogP contribution is 2.36. The highest BCUT2D eigenvalue weighted by Gasteiger charge is 2.45. The summed E-state index contributed by atoms with van der Waals surface area (Å²) in [6, 6.07) is 0. The molecule has 4 nitrogen and oxygen atoms in total. The average molecular weight is 317 g/mol. The van der Waals surface area contributed by atoms with Crippen LogP contribution >= 0.6 is 0 Å². The fourth-order valence-electron chi connectivity index (χ4n) is 3.85. The van der Waals surface area contributed by atoms with Crippen molar-refractivity contribution in [2.75, 3.05) is 31.1 Å². The molecule has 0 aromatic heterocycles. The molecule has 0 radical (unpaired) electrons. The molecule has 124 valence electrons. The van der Waals surface area contributed by atoms with E-state index in [0.29, 0.717) is 18.1 Å². The Kier molecular flexibility index (Phi) is 5.37. The standard InChI is InChI=1S/C16H32N2O2S/c1-4-11-21(19,20)12-10-18-14-16(8-6-7-9-16)17-13-15(18,3)5-2/h17H,4-14H2,1-3H3. The lowest BCUT2D eigenvalue weighted by Gasteiger charge is -2.52. The molecule has 2 fully saturated rings. The van der Waals surface area contributed by atoms with Crippen molar-refractivity contribution in [2.45, 2.75) is 70.4 Å². The molecule has 1 saturated carbocycles. The summed E-state index contributed by atoms with van der Waals surface area (Å²) in [5, 5.41) is 3.80. The predicted molar refractivity (Wildman–Crippen MR) is 88.4 cm³/mol. The van der Waals surface area contributed by atoms with Crippen LogP contribution in [0.3, 0.4) is 0 Å². The molecule has 1 aliphatic carbocycles. The summed E-state index contributed by atoms with van der Waals surface area (Å²) >= 11 is 0. The maximum absolute atomic E-state index is 12.0. The van der Waals surface area contributed by atoms with Gasteiger partial charge in [-0.05, 0) is 32.6 Å². The number of nitrogens with zero attached hydrogens (tertiary/aromatic N) is 1. The summed E-state index contributed by atoms with van der Waals surface area (Å²) in [5.74, 6) is 0.638. The minimum absolute atomic E-state index is 0.0928. The van der Waals surface area contributed by atoms with Crippen LogP contribution < -0.4 is 5.32 Å². The molecule has 2 aliphatic rings. The third-order valence-electron chi connectivity index (χ3n) is 5.61. The molecule has 0 aromatic rings. The summed E-state index contributed by atoms with van der Waals surface area (Å²) < 4.78 is 24.1. The van der Waals surface area contributed by atoms with E-state index in [1.807, 2.05) is 6.92 Å². The molecule has 1 heterocycles. The van der Waals surface area contributed by atoms with Gasteiger partial charge in [0.2, 0.25) is 0 Å². The van der Waals surface area contributed by atoms with Gasteiger partial charge in [-0.15, -0.1) is 0 Å². The van der Waals surface area contributed by atoms with E-state index in [2.05, 4.69) is 24.1 Å². The highest BCUT2D eigenvalue weighted by molar-refractivity contribution is 7.91. The predicted octanol–water partition coefficient (Wildman–Crippen LogP) is 2.20. The first-order valence-corrected chi connectivity index (χ1v) is 10.4. The lowest BCUT2D eigenvalue weighted by molar-refractivity contribution is 0.0193. The maximum Gasteiger partial charge on any atom is 0.151 e. The average Bonchev–Trinajstić information content (AvgIpc) is 2.89. The Hall–Kier alpha value is -0.130. The van der Waals surface area contributed by atoms with Crippen LogP contribution in [0.15, 0.2) is 0 Å². The molecule has 0 bridgehead atoms. The highest BCUT2D eigenvalue weighted by atomic mass is 32.2. The molecule has 21 heavy (non-hydrogen) atoms. The molecule has 0 aromatic carbocycles. The van der Waals surface area contributed by atoms with Crippen LogP contribution in [0.1, 0.15) is 59.3 Å². The van der Waals surface area contributed by atoms with Crippen molar-refractivity contribution in [3.63, 3.8) is 0 Å². The smallest absolute Gasteiger partial charge is 0.151 e. The van der Waals surface area contributed by atoms with E-state index in [4.69, 9.17) is 0 Å². The lowest BCUT2D eigenvalue weighted by Crippen LogP contribution is -2.68. The van der Waals surface area contributed by atoms with E-state index < -0.39 is 9.84 Å². The van der Waals surface area contributed by atoms with Crippen LogP contribution in [-0.4, -0.2) is 55.5 Å². The first-order chi connectivity index (χ1) is 9.85. The molecule has 1 N–H and O–H groups in total. The molecule has 2 rings (SSSR count). The van der Waals surface area contributed by atoms with Crippen molar-refractivity contribution in [1.82, 2.24) is 10.2 Å².